The number of nitrogens with zero attached hydrogens (tertiary/aromatic N) is 4. The number of anilines is 2. The van der Waals surface area contributed by atoms with Crippen LogP contribution in [-0.2, 0) is 11.2 Å². The van der Waals surface area contributed by atoms with Crippen LogP contribution in [0.4, 0.5) is 11.5 Å². The van der Waals surface area contributed by atoms with Crippen LogP contribution in [0.25, 0.3) is 11.0 Å². The normalized spacial score (nSPS) is 22.2. The molecule has 1 aliphatic carbocycles. The SMILES string of the molecule is c1ccc(NC2CCC(Cc3cc(N4CCOCC4)cc4nccnc34)CC2)nc1. The fraction of sp³-hybridized carbons (Fsp3) is 0.458. The monoisotopic (exact) mass is 403 g/mol. The van der Waals surface area contributed by atoms with E-state index in [1.54, 1.807) is 6.20 Å². The van der Waals surface area contributed by atoms with E-state index in [4.69, 9.17) is 4.74 Å². The molecule has 1 aliphatic heterocycles. The van der Waals surface area contributed by atoms with Crippen molar-refractivity contribution in [1.82, 2.24) is 15.0 Å². The molecule has 6 nitrogen and oxygen atoms in total. The molecule has 3 aromatic rings. The van der Waals surface area contributed by atoms with Gasteiger partial charge in [-0.15, -0.1) is 0 Å². The Morgan fingerprint density at radius 3 is 2.57 bits per heavy atom. The lowest BCUT2D eigenvalue weighted by Gasteiger charge is -2.31. The number of pyridine rings is 1. The summed E-state index contributed by atoms with van der Waals surface area (Å²) in [5, 5.41) is 3.60. The predicted octanol–water partition coefficient (Wildman–Crippen LogP) is 4.07. The van der Waals surface area contributed by atoms with E-state index in [-0.39, 0.29) is 0 Å². The summed E-state index contributed by atoms with van der Waals surface area (Å²) in [6, 6.07) is 11.1. The largest absolute Gasteiger partial charge is 0.378 e. The Morgan fingerprint density at radius 1 is 0.933 bits per heavy atom. The summed E-state index contributed by atoms with van der Waals surface area (Å²) in [5.41, 5.74) is 4.65. The second-order valence-corrected chi connectivity index (χ2v) is 8.41. The number of aromatic nitrogens is 3. The highest BCUT2D eigenvalue weighted by Crippen LogP contribution is 2.32. The molecule has 1 saturated heterocycles. The number of benzene rings is 1. The van der Waals surface area contributed by atoms with Gasteiger partial charge >= 0.3 is 0 Å². The first-order valence-corrected chi connectivity index (χ1v) is 11.1. The van der Waals surface area contributed by atoms with E-state index < -0.39 is 0 Å². The molecule has 2 fully saturated rings. The molecule has 0 bridgehead atoms. The van der Waals surface area contributed by atoms with E-state index >= 15 is 0 Å². The lowest BCUT2D eigenvalue weighted by molar-refractivity contribution is 0.122. The van der Waals surface area contributed by atoms with Gasteiger partial charge in [-0.2, -0.15) is 0 Å². The lowest BCUT2D eigenvalue weighted by Crippen LogP contribution is -2.36. The second-order valence-electron chi connectivity index (χ2n) is 8.41. The van der Waals surface area contributed by atoms with Crippen molar-refractivity contribution in [3.05, 3.63) is 54.5 Å². The first-order chi connectivity index (χ1) is 14.8. The second kappa shape index (κ2) is 8.96. The van der Waals surface area contributed by atoms with Crippen LogP contribution < -0.4 is 10.2 Å². The van der Waals surface area contributed by atoms with Gasteiger partial charge in [0.15, 0.2) is 0 Å². The molecule has 3 heterocycles. The quantitative estimate of drug-likeness (QED) is 0.693. The Morgan fingerprint density at radius 2 is 1.77 bits per heavy atom. The summed E-state index contributed by atoms with van der Waals surface area (Å²) < 4.78 is 5.53. The van der Waals surface area contributed by atoms with Crippen molar-refractivity contribution >= 4 is 22.5 Å². The summed E-state index contributed by atoms with van der Waals surface area (Å²) in [6.07, 6.45) is 11.4. The zero-order chi connectivity index (χ0) is 20.2. The van der Waals surface area contributed by atoms with Crippen LogP contribution >= 0.6 is 0 Å². The molecule has 0 radical (unpaired) electrons. The topological polar surface area (TPSA) is 63.2 Å². The molecule has 0 atom stereocenters. The van der Waals surface area contributed by atoms with Crippen LogP contribution in [0.15, 0.2) is 48.9 Å². The maximum atomic E-state index is 5.53. The molecule has 1 N–H and O–H groups in total. The average molecular weight is 404 g/mol. The Kier molecular flexibility index (Phi) is 5.75. The molecule has 1 aromatic carbocycles. The smallest absolute Gasteiger partial charge is 0.126 e. The molecule has 0 amide bonds. The maximum absolute atomic E-state index is 5.53. The summed E-state index contributed by atoms with van der Waals surface area (Å²) in [5.74, 6) is 1.68. The van der Waals surface area contributed by atoms with Gasteiger partial charge in [-0.1, -0.05) is 6.07 Å². The molecule has 6 heteroatoms. The molecule has 2 aromatic heterocycles. The van der Waals surface area contributed by atoms with Gasteiger partial charge in [0.25, 0.3) is 0 Å². The lowest BCUT2D eigenvalue weighted by atomic mass is 9.82. The molecule has 0 spiro atoms. The number of hydrogen-bond donors (Lipinski definition) is 1. The van der Waals surface area contributed by atoms with E-state index in [9.17, 15) is 0 Å². The molecule has 1 saturated carbocycles. The Hall–Kier alpha value is -2.73. The van der Waals surface area contributed by atoms with Crippen LogP contribution in [0.2, 0.25) is 0 Å². The van der Waals surface area contributed by atoms with Crippen molar-refractivity contribution in [3.8, 4) is 0 Å². The highest BCUT2D eigenvalue weighted by Gasteiger charge is 2.23. The van der Waals surface area contributed by atoms with Crippen molar-refractivity contribution in [2.75, 3.05) is 36.5 Å². The van der Waals surface area contributed by atoms with Crippen molar-refractivity contribution in [2.24, 2.45) is 5.92 Å². The van der Waals surface area contributed by atoms with Crippen molar-refractivity contribution in [1.29, 1.82) is 0 Å². The number of ether oxygens (including phenoxy) is 1. The van der Waals surface area contributed by atoms with Crippen molar-refractivity contribution in [3.63, 3.8) is 0 Å². The van der Waals surface area contributed by atoms with Gasteiger partial charge in [0.1, 0.15) is 5.82 Å². The molecule has 2 aliphatic rings. The summed E-state index contributed by atoms with van der Waals surface area (Å²) in [7, 11) is 0. The molecule has 156 valence electrons. The first kappa shape index (κ1) is 19.2. The van der Waals surface area contributed by atoms with E-state index in [2.05, 4.69) is 37.3 Å². The minimum atomic E-state index is 0.521. The maximum Gasteiger partial charge on any atom is 0.126 e. The number of rotatable bonds is 5. The summed E-state index contributed by atoms with van der Waals surface area (Å²) in [4.78, 5) is 16.1. The standard InChI is InChI=1S/C24H29N5O/c1-2-8-26-23(3-1)28-20-6-4-18(5-7-20)15-19-16-21(29-11-13-30-14-12-29)17-22-24(19)27-10-9-25-22/h1-3,8-10,16-18,20H,4-7,11-15H2,(H,26,28). The Balaban J connectivity index is 1.29. The van der Waals surface area contributed by atoms with E-state index in [0.29, 0.717) is 12.0 Å². The average Bonchev–Trinajstić information content (AvgIpc) is 2.81. The first-order valence-electron chi connectivity index (χ1n) is 11.1. The van der Waals surface area contributed by atoms with Gasteiger partial charge in [0, 0.05) is 43.4 Å². The Bertz CT molecular complexity index is 966. The van der Waals surface area contributed by atoms with Crippen LogP contribution in [-0.4, -0.2) is 47.3 Å². The minimum absolute atomic E-state index is 0.521. The van der Waals surface area contributed by atoms with Gasteiger partial charge in [0.2, 0.25) is 0 Å². The minimum Gasteiger partial charge on any atom is -0.378 e. The van der Waals surface area contributed by atoms with Crippen molar-refractivity contribution < 1.29 is 4.74 Å². The molecular formula is C24H29N5O. The van der Waals surface area contributed by atoms with Gasteiger partial charge in [-0.05, 0) is 67.9 Å². The number of nitrogens with one attached hydrogen (secondary N) is 1. The molecule has 0 unspecified atom stereocenters. The Labute approximate surface area is 177 Å². The van der Waals surface area contributed by atoms with Crippen LogP contribution in [0, 0.1) is 5.92 Å². The van der Waals surface area contributed by atoms with Gasteiger partial charge in [-0.25, -0.2) is 4.98 Å². The third-order valence-electron chi connectivity index (χ3n) is 6.39. The van der Waals surface area contributed by atoms with Crippen molar-refractivity contribution in [2.45, 2.75) is 38.1 Å². The van der Waals surface area contributed by atoms with Gasteiger partial charge < -0.3 is 15.0 Å². The van der Waals surface area contributed by atoms with E-state index in [0.717, 1.165) is 49.6 Å². The predicted molar refractivity (Wildman–Crippen MR) is 120 cm³/mol. The van der Waals surface area contributed by atoms with Crippen LogP contribution in [0.5, 0.6) is 0 Å². The fourth-order valence-electron chi connectivity index (χ4n) is 4.77. The van der Waals surface area contributed by atoms with Gasteiger partial charge in [0.05, 0.1) is 24.2 Å². The molecule has 30 heavy (non-hydrogen) atoms. The number of hydrogen-bond acceptors (Lipinski definition) is 6. The number of morpholine rings is 1. The summed E-state index contributed by atoms with van der Waals surface area (Å²) >= 11 is 0. The van der Waals surface area contributed by atoms with E-state index in [1.165, 1.54) is 36.9 Å². The third-order valence-corrected chi connectivity index (χ3v) is 6.39. The highest BCUT2D eigenvalue weighted by molar-refractivity contribution is 5.82. The molecular weight excluding hydrogens is 374 g/mol. The van der Waals surface area contributed by atoms with E-state index in [1.807, 2.05) is 30.6 Å². The number of fused-ring (bicyclic) bond motifs is 1. The zero-order valence-electron chi connectivity index (χ0n) is 17.3. The van der Waals surface area contributed by atoms with Crippen LogP contribution in [0.1, 0.15) is 31.2 Å². The third kappa shape index (κ3) is 4.38. The summed E-state index contributed by atoms with van der Waals surface area (Å²) in [6.45, 7) is 3.47. The highest BCUT2D eigenvalue weighted by atomic mass is 16.5. The zero-order valence-corrected chi connectivity index (χ0v) is 17.3. The van der Waals surface area contributed by atoms with Gasteiger partial charge in [-0.3, -0.25) is 9.97 Å². The fourth-order valence-corrected chi connectivity index (χ4v) is 4.77. The van der Waals surface area contributed by atoms with Crippen LogP contribution in [0.3, 0.4) is 0 Å². The molecule has 5 rings (SSSR count).